The van der Waals surface area contributed by atoms with Crippen molar-refractivity contribution in [2.75, 3.05) is 29.1 Å². The van der Waals surface area contributed by atoms with Gasteiger partial charge in [-0.3, -0.25) is 4.79 Å². The second-order valence-corrected chi connectivity index (χ2v) is 15.3. The Hall–Kier alpha value is -7.73. The maximum absolute atomic E-state index is 13.0. The molecule has 0 aliphatic carbocycles. The summed E-state index contributed by atoms with van der Waals surface area (Å²) in [7, 11) is 0. The lowest BCUT2D eigenvalue weighted by atomic mass is 10.0. The highest BCUT2D eigenvalue weighted by Crippen LogP contribution is 2.39. The van der Waals surface area contributed by atoms with Crippen LogP contribution in [0.25, 0.3) is 90.9 Å². The van der Waals surface area contributed by atoms with Crippen molar-refractivity contribution in [2.24, 2.45) is 11.5 Å². The van der Waals surface area contributed by atoms with Crippen LogP contribution in [0.4, 0.5) is 22.7 Å². The number of nitrogens with one attached hydrogen (secondary N) is 3. The number of nitrogens with two attached hydrogens (primary N) is 5. The number of aromatic nitrogens is 4. The summed E-state index contributed by atoms with van der Waals surface area (Å²) in [4.78, 5) is 31.2. The molecule has 2 aliphatic rings. The number of hydrogen-bond acceptors (Lipinski definition) is 8. The summed E-state index contributed by atoms with van der Waals surface area (Å²) < 4.78 is 0. The van der Waals surface area contributed by atoms with Gasteiger partial charge in [0.2, 0.25) is 5.91 Å². The SMILES string of the molecule is NCCCC[C@H](N)C(=O)Nc1ccc(-c2c3nc(c(-c4ccc(N)cc4)c4ccc([nH]4)c(-c4ccc(N)cc4)c4nc(c(-c5ccc(N)cc5)c5ccc2[nH]5)C=C4)C=C3)cc1. The quantitative estimate of drug-likeness (QED) is 0.0491. The highest BCUT2D eigenvalue weighted by Gasteiger charge is 2.20. The predicted molar refractivity (Wildman–Crippen MR) is 253 cm³/mol. The number of aromatic amines is 2. The van der Waals surface area contributed by atoms with Crippen LogP contribution < -0.4 is 34.0 Å². The zero-order chi connectivity index (χ0) is 42.0. The van der Waals surface area contributed by atoms with Crippen LogP contribution in [-0.2, 0) is 4.79 Å². The van der Waals surface area contributed by atoms with Crippen LogP contribution in [0, 0.1) is 0 Å². The first-order valence-electron chi connectivity index (χ1n) is 20.3. The third-order valence-electron chi connectivity index (χ3n) is 11.1. The molecule has 0 saturated heterocycles. The zero-order valence-corrected chi connectivity index (χ0v) is 33.5. The van der Waals surface area contributed by atoms with Gasteiger partial charge in [-0.15, -0.1) is 0 Å². The molecule has 4 aromatic carbocycles. The van der Waals surface area contributed by atoms with Crippen LogP contribution in [0.1, 0.15) is 42.0 Å². The molecule has 302 valence electrons. The monoisotopic (exact) mass is 802 g/mol. The second-order valence-electron chi connectivity index (χ2n) is 15.3. The Morgan fingerprint density at radius 1 is 0.492 bits per heavy atom. The van der Waals surface area contributed by atoms with Gasteiger partial charge in [-0.2, -0.15) is 0 Å². The Bertz CT molecular complexity index is 2950. The van der Waals surface area contributed by atoms with Crippen LogP contribution in [0.3, 0.4) is 0 Å². The van der Waals surface area contributed by atoms with E-state index in [4.69, 9.17) is 38.6 Å². The maximum atomic E-state index is 13.0. The van der Waals surface area contributed by atoms with Crippen molar-refractivity contribution >= 4 is 75.0 Å². The molecule has 8 bridgehead atoms. The number of unbranched alkanes of at least 4 members (excludes halogenated alkanes) is 1. The van der Waals surface area contributed by atoms with E-state index < -0.39 is 6.04 Å². The number of nitrogen functional groups attached to an aromatic ring is 3. The number of rotatable bonds is 10. The third kappa shape index (κ3) is 7.90. The number of H-pyrrole nitrogens is 2. The number of carbonyl (C=O) groups is 1. The number of nitrogens with zero attached hydrogens (tertiary/aromatic N) is 2. The normalized spacial score (nSPS) is 12.4. The lowest BCUT2D eigenvalue weighted by Crippen LogP contribution is -2.35. The van der Waals surface area contributed by atoms with Crippen LogP contribution >= 0.6 is 0 Å². The molecule has 7 aromatic rings. The van der Waals surface area contributed by atoms with Gasteiger partial charge in [0, 0.05) is 67.1 Å². The highest BCUT2D eigenvalue weighted by molar-refractivity contribution is 6.00. The summed E-state index contributed by atoms with van der Waals surface area (Å²) >= 11 is 0. The van der Waals surface area contributed by atoms with Crippen molar-refractivity contribution in [3.63, 3.8) is 0 Å². The Morgan fingerprint density at radius 2 is 0.820 bits per heavy atom. The minimum atomic E-state index is -0.623. The first kappa shape index (κ1) is 38.8. The summed E-state index contributed by atoms with van der Waals surface area (Å²) in [5.74, 6) is -0.232. The summed E-state index contributed by atoms with van der Waals surface area (Å²) in [6.07, 6.45) is 10.4. The molecule has 1 atom stereocenters. The van der Waals surface area contributed by atoms with E-state index in [-0.39, 0.29) is 5.91 Å². The second kappa shape index (κ2) is 16.5. The van der Waals surface area contributed by atoms with E-state index in [1.54, 1.807) is 0 Å². The molecule has 0 saturated carbocycles. The van der Waals surface area contributed by atoms with E-state index in [2.05, 4.69) is 51.7 Å². The van der Waals surface area contributed by atoms with Crippen LogP contribution in [0.15, 0.2) is 121 Å². The minimum absolute atomic E-state index is 0.232. The van der Waals surface area contributed by atoms with Crippen LogP contribution in [0.2, 0.25) is 0 Å². The van der Waals surface area contributed by atoms with Gasteiger partial charge in [-0.25, -0.2) is 9.97 Å². The molecule has 2 aliphatic heterocycles. The highest BCUT2D eigenvalue weighted by atomic mass is 16.2. The number of fused-ring (bicyclic) bond motifs is 8. The van der Waals surface area contributed by atoms with Crippen LogP contribution in [-0.4, -0.2) is 38.4 Å². The van der Waals surface area contributed by atoms with E-state index >= 15 is 0 Å². The summed E-state index contributed by atoms with van der Waals surface area (Å²) in [6, 6.07) is 39.0. The number of benzene rings is 4. The third-order valence-corrected chi connectivity index (χ3v) is 11.1. The molecule has 0 fully saturated rings. The van der Waals surface area contributed by atoms with Gasteiger partial charge in [-0.05, 0) is 139 Å². The smallest absolute Gasteiger partial charge is 0.241 e. The molecule has 11 heteroatoms. The Kier molecular flexibility index (Phi) is 10.5. The average molecular weight is 803 g/mol. The van der Waals surface area contributed by atoms with Gasteiger partial charge in [0.25, 0.3) is 0 Å². The van der Waals surface area contributed by atoms with Gasteiger partial charge in [0.15, 0.2) is 0 Å². The van der Waals surface area contributed by atoms with Gasteiger partial charge in [-0.1, -0.05) is 55.0 Å². The van der Waals surface area contributed by atoms with Crippen molar-refractivity contribution in [1.82, 2.24) is 19.9 Å². The number of hydrogen-bond donors (Lipinski definition) is 8. The fourth-order valence-corrected chi connectivity index (χ4v) is 7.96. The van der Waals surface area contributed by atoms with E-state index in [1.807, 2.05) is 109 Å². The lowest BCUT2D eigenvalue weighted by Gasteiger charge is -2.12. The average Bonchev–Trinajstić information content (AvgIpc) is 4.12. The lowest BCUT2D eigenvalue weighted by molar-refractivity contribution is -0.117. The Balaban J connectivity index is 1.32. The van der Waals surface area contributed by atoms with E-state index in [9.17, 15) is 4.79 Å². The van der Waals surface area contributed by atoms with Crippen molar-refractivity contribution in [2.45, 2.75) is 25.3 Å². The molecular weight excluding hydrogens is 757 g/mol. The zero-order valence-electron chi connectivity index (χ0n) is 33.5. The van der Waals surface area contributed by atoms with Gasteiger partial charge >= 0.3 is 0 Å². The van der Waals surface area contributed by atoms with Crippen molar-refractivity contribution < 1.29 is 4.79 Å². The predicted octanol–water partition coefficient (Wildman–Crippen LogP) is 9.46. The Morgan fingerprint density at radius 3 is 1.15 bits per heavy atom. The van der Waals surface area contributed by atoms with Gasteiger partial charge < -0.3 is 44.0 Å². The summed E-state index contributed by atoms with van der Waals surface area (Å²) in [5.41, 5.74) is 47.0. The fourth-order valence-electron chi connectivity index (χ4n) is 7.96. The largest absolute Gasteiger partial charge is 0.399 e. The Labute approximate surface area is 353 Å². The van der Waals surface area contributed by atoms with Crippen molar-refractivity contribution in [3.8, 4) is 44.5 Å². The first-order valence-corrected chi connectivity index (χ1v) is 20.3. The van der Waals surface area contributed by atoms with Crippen LogP contribution in [0.5, 0.6) is 0 Å². The molecule has 11 nitrogen and oxygen atoms in total. The number of amides is 1. The molecule has 61 heavy (non-hydrogen) atoms. The number of anilines is 4. The topological polar surface area (TPSA) is 217 Å². The maximum Gasteiger partial charge on any atom is 0.241 e. The van der Waals surface area contributed by atoms with E-state index in [0.29, 0.717) is 35.7 Å². The summed E-state index contributed by atoms with van der Waals surface area (Å²) in [5, 5.41) is 2.98. The van der Waals surface area contributed by atoms with Crippen molar-refractivity contribution in [1.29, 1.82) is 0 Å². The molecule has 0 spiro atoms. The van der Waals surface area contributed by atoms with E-state index in [1.165, 1.54) is 0 Å². The van der Waals surface area contributed by atoms with E-state index in [0.717, 1.165) is 102 Å². The summed E-state index contributed by atoms with van der Waals surface area (Å²) in [6.45, 7) is 0.571. The molecule has 13 N–H and O–H groups in total. The minimum Gasteiger partial charge on any atom is -0.399 e. The first-order chi connectivity index (χ1) is 29.7. The van der Waals surface area contributed by atoms with Gasteiger partial charge in [0.1, 0.15) is 0 Å². The van der Waals surface area contributed by atoms with Crippen molar-refractivity contribution in [3.05, 3.63) is 144 Å². The molecule has 5 heterocycles. The molecule has 0 radical (unpaired) electrons. The molecule has 1 amide bonds. The molecular formula is C50H46N10O. The van der Waals surface area contributed by atoms with Gasteiger partial charge in [0.05, 0.1) is 28.8 Å². The molecule has 3 aromatic heterocycles. The number of carbonyl (C=O) groups excluding carboxylic acids is 1. The molecule has 9 rings (SSSR count). The standard InChI is InChI=1S/C50H46N10O/c51-28-2-1-3-37(55)50(61)56-36-18-10-32(11-19-36)49-44-26-24-42(59-44)47(30-6-14-34(53)15-7-30)40-22-20-38(57-40)46(29-4-12-33(52)13-5-29)39-21-23-41(58-39)48(43-25-27-45(49)60-43)31-8-16-35(54)17-9-31/h4-27,37,57,60H,1-3,28,51-55H2,(H,56,61)/t37-/m0/s1. The fraction of sp³-hybridized carbons (Fsp3) is 0.100. The molecule has 0 unspecified atom stereocenters.